The molecule has 3 unspecified atom stereocenters. The van der Waals surface area contributed by atoms with Gasteiger partial charge in [0.2, 0.25) is 0 Å². The van der Waals surface area contributed by atoms with E-state index in [9.17, 15) is 4.79 Å². The van der Waals surface area contributed by atoms with Crippen molar-refractivity contribution in [1.29, 1.82) is 0 Å². The van der Waals surface area contributed by atoms with Gasteiger partial charge in [-0.15, -0.1) is 0 Å². The van der Waals surface area contributed by atoms with Crippen LogP contribution in [0.5, 0.6) is 0 Å². The first kappa shape index (κ1) is 33.4. The Morgan fingerprint density at radius 2 is 1.46 bits per heavy atom. The predicted octanol–water partition coefficient (Wildman–Crippen LogP) is 5.14. The third kappa shape index (κ3) is 5.91. The number of Topliss-reactive ketones (excluding diaryl/α,β-unsaturated/α-hetero) is 1. The molecule has 0 aromatic carbocycles. The zero-order valence-electron chi connectivity index (χ0n) is 29.8. The lowest BCUT2D eigenvalue weighted by Crippen LogP contribution is -2.61. The number of rotatable bonds is 2. The van der Waals surface area contributed by atoms with Gasteiger partial charge in [0.05, 0.1) is 67.6 Å². The molecule has 11 aliphatic heterocycles. The first-order valence-electron chi connectivity index (χ1n) is 20.0. The summed E-state index contributed by atoms with van der Waals surface area (Å²) in [4.78, 5) is 14.0. The third-order valence-electron chi connectivity index (χ3n) is 14.3. The lowest BCUT2D eigenvalue weighted by atomic mass is 9.79. The molecule has 11 heterocycles. The monoisotopic (exact) mass is 696 g/mol. The van der Waals surface area contributed by atoms with Crippen molar-refractivity contribution < 1.29 is 47.4 Å². The van der Waals surface area contributed by atoms with Crippen LogP contribution in [0.25, 0.3) is 0 Å². The minimum Gasteiger partial charge on any atom is -0.374 e. The Kier molecular flexibility index (Phi) is 8.47. The molecule has 19 atom stereocenters. The Hall–Kier alpha value is -1.21. The van der Waals surface area contributed by atoms with Crippen LogP contribution in [0.15, 0.2) is 24.3 Å². The highest BCUT2D eigenvalue weighted by Crippen LogP contribution is 2.54. The fourth-order valence-electron chi connectivity index (χ4n) is 11.4. The third-order valence-corrected chi connectivity index (χ3v) is 14.3. The average Bonchev–Trinajstić information content (AvgIpc) is 3.58. The standard InChI is InChI=1S/C40H56O10/c1-19-11-24-5-7-29-20(2)12-26(43-29)9-10-40-17-34-36(49-40)37-38(48-34)39(50-40)35-30(47-37)8-6-25(45-35)13-23(41)14-28-22(4)31(15-27-18-42-27)46-33(28)16-32(44-24)21(19)3/h19,22,24-39H,2-3,5-18H2,1,4H3/t19-,22-,24+,25?,26+,27+,28-,29?,30+,31-,32?,33+,34-,35+,36+,37+,38-,39+,40+/m1/s1. The van der Waals surface area contributed by atoms with E-state index in [0.717, 1.165) is 76.4 Å². The van der Waals surface area contributed by atoms with Crippen LogP contribution in [0.1, 0.15) is 97.3 Å². The molecule has 11 saturated heterocycles. The largest absolute Gasteiger partial charge is 0.374 e. The van der Waals surface area contributed by atoms with E-state index < -0.39 is 5.79 Å². The van der Waals surface area contributed by atoms with Crippen molar-refractivity contribution in [1.82, 2.24) is 0 Å². The number of epoxide rings is 1. The van der Waals surface area contributed by atoms with Gasteiger partial charge >= 0.3 is 0 Å². The van der Waals surface area contributed by atoms with E-state index in [4.69, 9.17) is 42.6 Å². The Morgan fingerprint density at radius 3 is 2.32 bits per heavy atom. The molecule has 0 aromatic heterocycles. The number of ketones is 1. The summed E-state index contributed by atoms with van der Waals surface area (Å²) in [5, 5.41) is 0. The molecule has 11 fully saturated rings. The van der Waals surface area contributed by atoms with E-state index >= 15 is 0 Å². The fraction of sp³-hybridized carbons (Fsp3) is 0.875. The quantitative estimate of drug-likeness (QED) is 0.285. The highest BCUT2D eigenvalue weighted by molar-refractivity contribution is 5.79. The molecule has 0 radical (unpaired) electrons. The van der Waals surface area contributed by atoms with Crippen molar-refractivity contribution in [2.45, 2.75) is 195 Å². The molecule has 10 nitrogen and oxygen atoms in total. The van der Waals surface area contributed by atoms with Crippen LogP contribution >= 0.6 is 0 Å². The highest BCUT2D eigenvalue weighted by atomic mass is 16.8. The van der Waals surface area contributed by atoms with Crippen LogP contribution in [0.2, 0.25) is 0 Å². The van der Waals surface area contributed by atoms with Gasteiger partial charge in [-0.25, -0.2) is 0 Å². The molecular formula is C40H56O10. The van der Waals surface area contributed by atoms with Crippen molar-refractivity contribution >= 4 is 5.78 Å². The SMILES string of the molecule is C=C1C[C@@H]2CC[C@@]34C[C@H]5O[C@H]6[C@@H](O3)[C@H]3OC(CC[C@@H]3O[C@H]6[C@H]5O4)CC(=O)C[C@@H]3[C@@H](C)[C@@H](C[C@H]4CO4)O[C@H]3CC3O[C@@H](CCC1O2)C[C@@H](C)C3=C. The van der Waals surface area contributed by atoms with E-state index in [2.05, 4.69) is 27.0 Å². The Balaban J connectivity index is 0.925. The molecule has 0 saturated carbocycles. The second-order valence-corrected chi connectivity index (χ2v) is 17.7. The van der Waals surface area contributed by atoms with Gasteiger partial charge in [0, 0.05) is 38.5 Å². The number of fused-ring (bicyclic) bond motifs is 6. The molecule has 1 spiro atoms. The Labute approximate surface area is 296 Å². The minimum atomic E-state index is -0.743. The van der Waals surface area contributed by atoms with Crippen molar-refractivity contribution in [3.8, 4) is 0 Å². The Morgan fingerprint density at radius 1 is 0.700 bits per heavy atom. The van der Waals surface area contributed by atoms with Crippen LogP contribution in [-0.4, -0.2) is 110 Å². The molecule has 10 heteroatoms. The summed E-state index contributed by atoms with van der Waals surface area (Å²) in [5.74, 6) is 0.213. The van der Waals surface area contributed by atoms with Crippen LogP contribution in [0, 0.1) is 17.8 Å². The molecule has 0 aromatic rings. The van der Waals surface area contributed by atoms with Gasteiger partial charge in [-0.1, -0.05) is 27.0 Å². The number of ether oxygens (including phenoxy) is 9. The maximum absolute atomic E-state index is 14.0. The normalized spacial score (nSPS) is 55.9. The second kappa shape index (κ2) is 12.7. The number of carbonyl (C=O) groups is 1. The van der Waals surface area contributed by atoms with Gasteiger partial charge in [0.25, 0.3) is 0 Å². The summed E-state index contributed by atoms with van der Waals surface area (Å²) in [6.07, 6.45) is 9.05. The van der Waals surface area contributed by atoms with Gasteiger partial charge in [0.1, 0.15) is 36.3 Å². The topological polar surface area (TPSA) is 103 Å². The van der Waals surface area contributed by atoms with Crippen molar-refractivity contribution in [3.05, 3.63) is 24.3 Å². The van der Waals surface area contributed by atoms with Gasteiger partial charge in [-0.2, -0.15) is 0 Å². The number of hydrogen-bond acceptors (Lipinski definition) is 10. The molecule has 0 aliphatic carbocycles. The van der Waals surface area contributed by atoms with Crippen molar-refractivity contribution in [2.75, 3.05) is 6.61 Å². The van der Waals surface area contributed by atoms with E-state index in [1.54, 1.807) is 0 Å². The maximum Gasteiger partial charge on any atom is 0.172 e. The average molecular weight is 697 g/mol. The Bertz CT molecular complexity index is 1370. The lowest BCUT2D eigenvalue weighted by molar-refractivity contribution is -0.292. The summed E-state index contributed by atoms with van der Waals surface area (Å²) in [7, 11) is 0. The molecular weight excluding hydrogens is 640 g/mol. The van der Waals surface area contributed by atoms with Gasteiger partial charge < -0.3 is 42.6 Å². The molecule has 12 bridgehead atoms. The van der Waals surface area contributed by atoms with Gasteiger partial charge in [-0.05, 0) is 73.8 Å². The van der Waals surface area contributed by atoms with E-state index in [-0.39, 0.29) is 109 Å². The summed E-state index contributed by atoms with van der Waals surface area (Å²) < 4.78 is 59.9. The molecule has 11 aliphatic rings. The zero-order chi connectivity index (χ0) is 33.9. The second-order valence-electron chi connectivity index (χ2n) is 17.7. The maximum atomic E-state index is 14.0. The summed E-state index contributed by atoms with van der Waals surface area (Å²) >= 11 is 0. The van der Waals surface area contributed by atoms with Crippen LogP contribution in [-0.2, 0) is 47.4 Å². The lowest BCUT2D eigenvalue weighted by Gasteiger charge is -2.47. The first-order valence-corrected chi connectivity index (χ1v) is 20.0. The number of hydrogen-bond donors (Lipinski definition) is 0. The fourth-order valence-corrected chi connectivity index (χ4v) is 11.4. The van der Waals surface area contributed by atoms with Crippen LogP contribution in [0.3, 0.4) is 0 Å². The molecule has 50 heavy (non-hydrogen) atoms. The van der Waals surface area contributed by atoms with Crippen molar-refractivity contribution in [3.63, 3.8) is 0 Å². The molecule has 276 valence electrons. The van der Waals surface area contributed by atoms with E-state index in [0.29, 0.717) is 25.2 Å². The van der Waals surface area contributed by atoms with Crippen molar-refractivity contribution in [2.24, 2.45) is 17.8 Å². The summed E-state index contributed by atoms with van der Waals surface area (Å²) in [6, 6.07) is 0. The first-order chi connectivity index (χ1) is 24.2. The van der Waals surface area contributed by atoms with E-state index in [1.807, 2.05) is 0 Å². The van der Waals surface area contributed by atoms with Gasteiger partial charge in [0.15, 0.2) is 5.79 Å². The minimum absolute atomic E-state index is 0.0297. The highest BCUT2D eigenvalue weighted by Gasteiger charge is 2.68. The zero-order valence-corrected chi connectivity index (χ0v) is 29.8. The molecule has 0 N–H and O–H groups in total. The smallest absolute Gasteiger partial charge is 0.172 e. The predicted molar refractivity (Wildman–Crippen MR) is 179 cm³/mol. The molecule has 11 rings (SSSR count). The summed E-state index contributed by atoms with van der Waals surface area (Å²) in [5.41, 5.74) is 2.32. The van der Waals surface area contributed by atoms with E-state index in [1.165, 1.54) is 5.57 Å². The molecule has 0 amide bonds. The number of carbonyl (C=O) groups excluding carboxylic acids is 1. The van der Waals surface area contributed by atoms with Gasteiger partial charge in [-0.3, -0.25) is 4.79 Å². The van der Waals surface area contributed by atoms with Crippen LogP contribution in [0.4, 0.5) is 0 Å². The summed E-state index contributed by atoms with van der Waals surface area (Å²) in [6.45, 7) is 14.3. The van der Waals surface area contributed by atoms with Crippen LogP contribution < -0.4 is 0 Å².